The Morgan fingerprint density at radius 2 is 2.22 bits per heavy atom. The van der Waals surface area contributed by atoms with Crippen LogP contribution in [0.3, 0.4) is 0 Å². The predicted molar refractivity (Wildman–Crippen MR) is 71.2 cm³/mol. The van der Waals surface area contributed by atoms with E-state index in [1.54, 1.807) is 0 Å². The van der Waals surface area contributed by atoms with Crippen molar-refractivity contribution in [1.82, 2.24) is 5.32 Å². The minimum Gasteiger partial charge on any atom is -0.453 e. The van der Waals surface area contributed by atoms with Crippen LogP contribution in [0.15, 0.2) is 10.5 Å². The molecule has 3 rings (SSSR count). The van der Waals surface area contributed by atoms with Gasteiger partial charge in [0.2, 0.25) is 6.79 Å². The van der Waals surface area contributed by atoms with E-state index in [9.17, 15) is 0 Å². The summed E-state index contributed by atoms with van der Waals surface area (Å²) in [5.74, 6) is 1.69. The summed E-state index contributed by atoms with van der Waals surface area (Å²) in [6.45, 7) is 4.95. The summed E-state index contributed by atoms with van der Waals surface area (Å²) in [7, 11) is 0. The van der Waals surface area contributed by atoms with Crippen molar-refractivity contribution in [3.8, 4) is 11.5 Å². The van der Waals surface area contributed by atoms with Crippen LogP contribution in [-0.2, 0) is 11.2 Å². The average molecular weight is 314 g/mol. The van der Waals surface area contributed by atoms with Gasteiger partial charge in [0, 0.05) is 18.7 Å². The van der Waals surface area contributed by atoms with Gasteiger partial charge in [-0.25, -0.2) is 0 Å². The van der Waals surface area contributed by atoms with Gasteiger partial charge in [-0.1, -0.05) is 6.92 Å². The van der Waals surface area contributed by atoms with E-state index >= 15 is 0 Å². The topological polar surface area (TPSA) is 39.7 Å². The number of rotatable bonds is 2. The highest BCUT2D eigenvalue weighted by atomic mass is 79.9. The Hall–Kier alpha value is -0.780. The lowest BCUT2D eigenvalue weighted by atomic mass is 9.98. The Morgan fingerprint density at radius 3 is 2.94 bits per heavy atom. The molecule has 1 aromatic rings. The molecule has 2 aliphatic rings. The van der Waals surface area contributed by atoms with Crippen LogP contribution < -0.4 is 14.8 Å². The van der Waals surface area contributed by atoms with Crippen molar-refractivity contribution in [2.45, 2.75) is 19.4 Å². The van der Waals surface area contributed by atoms with Crippen LogP contribution >= 0.6 is 15.9 Å². The zero-order chi connectivity index (χ0) is 12.5. The molecule has 4 nitrogen and oxygen atoms in total. The molecule has 0 spiro atoms. The summed E-state index contributed by atoms with van der Waals surface area (Å²) >= 11 is 3.55. The molecule has 2 heterocycles. The first kappa shape index (κ1) is 12.3. The molecular formula is C13H16BrNO3. The lowest BCUT2D eigenvalue weighted by Gasteiger charge is -2.26. The van der Waals surface area contributed by atoms with Crippen LogP contribution in [0.2, 0.25) is 0 Å². The highest BCUT2D eigenvalue weighted by Crippen LogP contribution is 2.45. The van der Waals surface area contributed by atoms with E-state index in [0.29, 0.717) is 6.79 Å². The smallest absolute Gasteiger partial charge is 0.231 e. The molecule has 0 amide bonds. The molecule has 1 N–H and O–H groups in total. The van der Waals surface area contributed by atoms with Gasteiger partial charge < -0.3 is 19.5 Å². The maximum absolute atomic E-state index is 5.84. The number of morpholine rings is 1. The number of benzene rings is 1. The summed E-state index contributed by atoms with van der Waals surface area (Å²) in [4.78, 5) is 0. The average Bonchev–Trinajstić information content (AvgIpc) is 2.89. The third kappa shape index (κ3) is 2.00. The van der Waals surface area contributed by atoms with Crippen molar-refractivity contribution >= 4 is 15.9 Å². The summed E-state index contributed by atoms with van der Waals surface area (Å²) in [6, 6.07) is 2.10. The minimum atomic E-state index is 0.0968. The van der Waals surface area contributed by atoms with E-state index in [1.165, 1.54) is 11.1 Å². The molecule has 0 aliphatic carbocycles. The van der Waals surface area contributed by atoms with E-state index in [4.69, 9.17) is 14.2 Å². The Kier molecular flexibility index (Phi) is 3.46. The fourth-order valence-electron chi connectivity index (χ4n) is 2.52. The lowest BCUT2D eigenvalue weighted by molar-refractivity contribution is 0.0270. The molecule has 0 aromatic heterocycles. The van der Waals surface area contributed by atoms with Crippen LogP contribution in [-0.4, -0.2) is 26.5 Å². The quantitative estimate of drug-likeness (QED) is 0.910. The van der Waals surface area contributed by atoms with Crippen molar-refractivity contribution in [1.29, 1.82) is 0 Å². The van der Waals surface area contributed by atoms with Crippen molar-refractivity contribution in [3.63, 3.8) is 0 Å². The maximum Gasteiger partial charge on any atom is 0.231 e. The highest BCUT2D eigenvalue weighted by molar-refractivity contribution is 9.10. The van der Waals surface area contributed by atoms with Gasteiger partial charge in [-0.2, -0.15) is 0 Å². The van der Waals surface area contributed by atoms with Gasteiger partial charge in [0.05, 0.1) is 17.2 Å². The monoisotopic (exact) mass is 313 g/mol. The SMILES string of the molecule is CCc1c(C2CNCCO2)cc(Br)c2c1OCO2. The standard InChI is InChI=1S/C13H16BrNO3/c1-2-8-9(11-6-15-3-4-16-11)5-10(14)13-12(8)17-7-18-13/h5,11,15H,2-4,6-7H2,1H3. The molecule has 1 saturated heterocycles. The number of halogens is 1. The molecule has 0 bridgehead atoms. The largest absolute Gasteiger partial charge is 0.453 e. The van der Waals surface area contributed by atoms with Crippen LogP contribution in [0.4, 0.5) is 0 Å². The minimum absolute atomic E-state index is 0.0968. The van der Waals surface area contributed by atoms with E-state index in [-0.39, 0.29) is 6.10 Å². The fourth-order valence-corrected chi connectivity index (χ4v) is 3.06. The number of hydrogen-bond donors (Lipinski definition) is 1. The van der Waals surface area contributed by atoms with Gasteiger partial charge >= 0.3 is 0 Å². The van der Waals surface area contributed by atoms with Gasteiger partial charge in [-0.3, -0.25) is 0 Å². The first-order chi connectivity index (χ1) is 8.81. The first-order valence-corrected chi connectivity index (χ1v) is 7.03. The molecular weight excluding hydrogens is 298 g/mol. The van der Waals surface area contributed by atoms with Gasteiger partial charge in [0.15, 0.2) is 11.5 Å². The lowest BCUT2D eigenvalue weighted by Crippen LogP contribution is -2.33. The normalized spacial score (nSPS) is 22.2. The van der Waals surface area contributed by atoms with Gasteiger partial charge in [-0.15, -0.1) is 0 Å². The molecule has 5 heteroatoms. The maximum atomic E-state index is 5.84. The molecule has 1 aromatic carbocycles. The number of nitrogens with one attached hydrogen (secondary N) is 1. The molecule has 2 aliphatic heterocycles. The van der Waals surface area contributed by atoms with Gasteiger partial charge in [0.1, 0.15) is 0 Å². The summed E-state index contributed by atoms with van der Waals surface area (Å²) in [5.41, 5.74) is 2.39. The Labute approximate surface area is 115 Å². The van der Waals surface area contributed by atoms with Crippen molar-refractivity contribution in [2.24, 2.45) is 0 Å². The van der Waals surface area contributed by atoms with E-state index in [2.05, 4.69) is 34.2 Å². The Bertz CT molecular complexity index is 458. The zero-order valence-corrected chi connectivity index (χ0v) is 11.9. The predicted octanol–water partition coefficient (Wildman–Crippen LogP) is 2.40. The summed E-state index contributed by atoms with van der Waals surface area (Å²) in [6.07, 6.45) is 1.01. The Balaban J connectivity index is 2.05. The van der Waals surface area contributed by atoms with Crippen LogP contribution in [0, 0.1) is 0 Å². The molecule has 1 unspecified atom stereocenters. The highest BCUT2D eigenvalue weighted by Gasteiger charge is 2.27. The van der Waals surface area contributed by atoms with Crippen molar-refractivity contribution < 1.29 is 14.2 Å². The molecule has 0 radical (unpaired) electrons. The van der Waals surface area contributed by atoms with Crippen LogP contribution in [0.5, 0.6) is 11.5 Å². The van der Waals surface area contributed by atoms with E-state index < -0.39 is 0 Å². The fraction of sp³-hybridized carbons (Fsp3) is 0.538. The second-order valence-corrected chi connectivity index (χ2v) is 5.26. The second-order valence-electron chi connectivity index (χ2n) is 4.41. The van der Waals surface area contributed by atoms with Crippen LogP contribution in [0.25, 0.3) is 0 Å². The summed E-state index contributed by atoms with van der Waals surface area (Å²) in [5, 5.41) is 3.36. The van der Waals surface area contributed by atoms with Gasteiger partial charge in [-0.05, 0) is 34.0 Å². The van der Waals surface area contributed by atoms with Crippen molar-refractivity contribution in [2.75, 3.05) is 26.5 Å². The zero-order valence-electron chi connectivity index (χ0n) is 10.3. The molecule has 1 fully saturated rings. The third-order valence-electron chi connectivity index (χ3n) is 3.36. The number of fused-ring (bicyclic) bond motifs is 1. The molecule has 18 heavy (non-hydrogen) atoms. The van der Waals surface area contributed by atoms with Gasteiger partial charge in [0.25, 0.3) is 0 Å². The molecule has 98 valence electrons. The summed E-state index contributed by atoms with van der Waals surface area (Å²) < 4.78 is 17.9. The third-order valence-corrected chi connectivity index (χ3v) is 3.95. The molecule has 1 atom stereocenters. The van der Waals surface area contributed by atoms with Crippen LogP contribution in [0.1, 0.15) is 24.2 Å². The number of hydrogen-bond acceptors (Lipinski definition) is 4. The van der Waals surface area contributed by atoms with E-state index in [1.807, 2.05) is 0 Å². The van der Waals surface area contributed by atoms with E-state index in [0.717, 1.165) is 42.1 Å². The number of ether oxygens (including phenoxy) is 3. The Morgan fingerprint density at radius 1 is 1.39 bits per heavy atom. The second kappa shape index (κ2) is 5.07. The first-order valence-electron chi connectivity index (χ1n) is 6.24. The molecule has 0 saturated carbocycles. The van der Waals surface area contributed by atoms with Crippen molar-refractivity contribution in [3.05, 3.63) is 21.7 Å².